The van der Waals surface area contributed by atoms with E-state index in [2.05, 4.69) is 20.9 Å². The second-order valence-corrected chi connectivity index (χ2v) is 8.24. The van der Waals surface area contributed by atoms with Gasteiger partial charge in [0.15, 0.2) is 0 Å². The minimum atomic E-state index is -0.360. The molecule has 0 bridgehead atoms. The van der Waals surface area contributed by atoms with Crippen LogP contribution in [0.5, 0.6) is 0 Å². The van der Waals surface area contributed by atoms with Crippen molar-refractivity contribution >= 4 is 38.2 Å². The Morgan fingerprint density at radius 1 is 1.07 bits per heavy atom. The number of hydrogen-bond acceptors (Lipinski definition) is 7. The van der Waals surface area contributed by atoms with Gasteiger partial charge in [-0.25, -0.2) is 9.78 Å². The van der Waals surface area contributed by atoms with Crippen molar-refractivity contribution in [3.05, 3.63) is 59.0 Å². The third kappa shape index (κ3) is 3.53. The summed E-state index contributed by atoms with van der Waals surface area (Å²) >= 11 is 1.50. The van der Waals surface area contributed by atoms with Crippen molar-refractivity contribution in [3.8, 4) is 10.6 Å². The van der Waals surface area contributed by atoms with E-state index in [0.717, 1.165) is 54.0 Å². The van der Waals surface area contributed by atoms with Crippen LogP contribution in [-0.2, 0) is 0 Å². The van der Waals surface area contributed by atoms with Crippen LogP contribution in [0.4, 0.5) is 5.69 Å². The zero-order chi connectivity index (χ0) is 19.8. The summed E-state index contributed by atoms with van der Waals surface area (Å²) in [6.45, 7) is 4.52. The van der Waals surface area contributed by atoms with Gasteiger partial charge in [-0.3, -0.25) is 4.90 Å². The van der Waals surface area contributed by atoms with Crippen LogP contribution in [0, 0.1) is 0 Å². The smallest absolute Gasteiger partial charge is 0.346 e. The van der Waals surface area contributed by atoms with Crippen molar-refractivity contribution in [1.82, 2.24) is 9.88 Å². The normalized spacial score (nSPS) is 15.4. The maximum Gasteiger partial charge on any atom is 0.346 e. The van der Waals surface area contributed by atoms with Gasteiger partial charge >= 0.3 is 5.63 Å². The monoisotopic (exact) mass is 407 g/mol. The van der Waals surface area contributed by atoms with E-state index in [4.69, 9.17) is 9.52 Å². The number of aliphatic hydroxyl groups excluding tert-OH is 1. The zero-order valence-electron chi connectivity index (χ0n) is 15.9. The number of nitrogens with zero attached hydrogens (tertiary/aromatic N) is 3. The van der Waals surface area contributed by atoms with Crippen LogP contribution in [-0.4, -0.2) is 54.3 Å². The molecule has 4 aromatic rings. The van der Waals surface area contributed by atoms with Crippen LogP contribution < -0.4 is 10.5 Å². The number of aromatic nitrogens is 1. The Hall–Kier alpha value is -2.74. The van der Waals surface area contributed by atoms with Crippen LogP contribution >= 0.6 is 11.3 Å². The van der Waals surface area contributed by atoms with Gasteiger partial charge in [0.2, 0.25) is 0 Å². The van der Waals surface area contributed by atoms with Crippen LogP contribution in [0.1, 0.15) is 0 Å². The van der Waals surface area contributed by atoms with Gasteiger partial charge in [0.1, 0.15) is 10.6 Å². The average Bonchev–Trinajstić information content (AvgIpc) is 3.17. The number of β-amino-alcohol motifs (C(OH)–C–C–N with tert-alkyl or cyclic N) is 1. The van der Waals surface area contributed by atoms with Gasteiger partial charge in [-0.15, -0.1) is 11.3 Å². The lowest BCUT2D eigenvalue weighted by atomic mass is 10.1. The predicted molar refractivity (Wildman–Crippen MR) is 117 cm³/mol. The predicted octanol–water partition coefficient (Wildman–Crippen LogP) is 3.18. The molecule has 1 aliphatic rings. The maximum atomic E-state index is 12.7. The average molecular weight is 407 g/mol. The van der Waals surface area contributed by atoms with Crippen LogP contribution in [0.15, 0.2) is 57.7 Å². The summed E-state index contributed by atoms with van der Waals surface area (Å²) in [4.78, 5) is 21.8. The van der Waals surface area contributed by atoms with Crippen molar-refractivity contribution in [1.29, 1.82) is 0 Å². The fourth-order valence-electron chi connectivity index (χ4n) is 3.80. The quantitative estimate of drug-likeness (QED) is 0.524. The number of thiazole rings is 1. The lowest BCUT2D eigenvalue weighted by Crippen LogP contribution is -2.47. The zero-order valence-corrected chi connectivity index (χ0v) is 16.7. The molecule has 3 heterocycles. The van der Waals surface area contributed by atoms with E-state index in [0.29, 0.717) is 16.2 Å². The Morgan fingerprint density at radius 3 is 2.69 bits per heavy atom. The molecular weight excluding hydrogens is 386 g/mol. The number of hydrogen-bond donors (Lipinski definition) is 1. The van der Waals surface area contributed by atoms with E-state index < -0.39 is 0 Å². The number of piperazine rings is 1. The van der Waals surface area contributed by atoms with E-state index in [9.17, 15) is 4.79 Å². The largest absolute Gasteiger partial charge is 0.422 e. The molecular formula is C22H21N3O3S. The Kier molecular flexibility index (Phi) is 4.79. The number of fused-ring (bicyclic) bond motifs is 2. The molecule has 5 rings (SSSR count). The van der Waals surface area contributed by atoms with Gasteiger partial charge in [0, 0.05) is 49.9 Å². The van der Waals surface area contributed by atoms with Gasteiger partial charge in [0.05, 0.1) is 22.4 Å². The molecule has 6 nitrogen and oxygen atoms in total. The van der Waals surface area contributed by atoms with E-state index in [1.54, 1.807) is 0 Å². The van der Waals surface area contributed by atoms with Gasteiger partial charge < -0.3 is 14.4 Å². The van der Waals surface area contributed by atoms with Crippen molar-refractivity contribution < 1.29 is 9.52 Å². The molecule has 1 fully saturated rings. The molecule has 0 radical (unpaired) electrons. The summed E-state index contributed by atoms with van der Waals surface area (Å²) in [5, 5.41) is 10.7. The Bertz CT molecular complexity index is 1190. The lowest BCUT2D eigenvalue weighted by molar-refractivity contribution is 0.189. The van der Waals surface area contributed by atoms with E-state index in [-0.39, 0.29) is 12.2 Å². The lowest BCUT2D eigenvalue weighted by Gasteiger charge is -2.35. The first kappa shape index (κ1) is 18.3. The maximum absolute atomic E-state index is 12.7. The van der Waals surface area contributed by atoms with Gasteiger partial charge in [-0.2, -0.15) is 0 Å². The second-order valence-electron chi connectivity index (χ2n) is 7.21. The standard InChI is InChI=1S/C22H21N3O3S/c26-12-11-24-7-9-25(10-8-24)16-6-5-15-13-17(22(27)28-19(15)14-16)21-23-18-3-1-2-4-20(18)29-21/h1-6,13-14,26H,7-12H2. The summed E-state index contributed by atoms with van der Waals surface area (Å²) in [5.41, 5.74) is 2.68. The highest BCUT2D eigenvalue weighted by Gasteiger charge is 2.18. The van der Waals surface area contributed by atoms with Crippen molar-refractivity contribution in [3.63, 3.8) is 0 Å². The molecule has 0 spiro atoms. The van der Waals surface area contributed by atoms with E-state index >= 15 is 0 Å². The molecule has 7 heteroatoms. The second kappa shape index (κ2) is 7.59. The van der Waals surface area contributed by atoms with Gasteiger partial charge in [0.25, 0.3) is 0 Å². The molecule has 0 aliphatic carbocycles. The molecule has 1 aliphatic heterocycles. The van der Waals surface area contributed by atoms with E-state index in [1.807, 2.05) is 42.5 Å². The Labute approximate surface area is 171 Å². The van der Waals surface area contributed by atoms with Crippen molar-refractivity contribution in [2.75, 3.05) is 44.2 Å². The van der Waals surface area contributed by atoms with Crippen LogP contribution in [0.25, 0.3) is 31.8 Å². The van der Waals surface area contributed by atoms with Gasteiger partial charge in [-0.1, -0.05) is 12.1 Å². The molecule has 1 saturated heterocycles. The van der Waals surface area contributed by atoms with Crippen molar-refractivity contribution in [2.24, 2.45) is 0 Å². The molecule has 1 N–H and O–H groups in total. The number of anilines is 1. The minimum Gasteiger partial charge on any atom is -0.422 e. The van der Waals surface area contributed by atoms with Crippen LogP contribution in [0.3, 0.4) is 0 Å². The number of aliphatic hydroxyl groups is 1. The molecule has 2 aromatic carbocycles. The molecule has 0 unspecified atom stereocenters. The fourth-order valence-corrected chi connectivity index (χ4v) is 4.77. The van der Waals surface area contributed by atoms with Gasteiger partial charge in [-0.05, 0) is 30.3 Å². The first-order valence-electron chi connectivity index (χ1n) is 9.73. The highest BCUT2D eigenvalue weighted by Crippen LogP contribution is 2.30. The summed E-state index contributed by atoms with van der Waals surface area (Å²) in [5.74, 6) is 0. The van der Waals surface area contributed by atoms with Crippen molar-refractivity contribution in [2.45, 2.75) is 0 Å². The summed E-state index contributed by atoms with van der Waals surface area (Å²) in [6.07, 6.45) is 0. The summed E-state index contributed by atoms with van der Waals surface area (Å²) < 4.78 is 6.73. The Morgan fingerprint density at radius 2 is 1.90 bits per heavy atom. The first-order valence-corrected chi connectivity index (χ1v) is 10.5. The molecule has 2 aromatic heterocycles. The minimum absolute atomic E-state index is 0.193. The summed E-state index contributed by atoms with van der Waals surface area (Å²) in [6, 6.07) is 15.8. The fraction of sp³-hybridized carbons (Fsp3) is 0.273. The number of rotatable bonds is 4. The number of benzene rings is 2. The molecule has 29 heavy (non-hydrogen) atoms. The topological polar surface area (TPSA) is 69.8 Å². The molecule has 0 amide bonds. The van der Waals surface area contributed by atoms with Crippen LogP contribution in [0.2, 0.25) is 0 Å². The van der Waals surface area contributed by atoms with E-state index in [1.165, 1.54) is 11.3 Å². The third-order valence-electron chi connectivity index (χ3n) is 5.40. The first-order chi connectivity index (χ1) is 14.2. The third-order valence-corrected chi connectivity index (χ3v) is 6.47. The highest BCUT2D eigenvalue weighted by molar-refractivity contribution is 7.21. The molecule has 0 saturated carbocycles. The Balaban J connectivity index is 1.46. The SMILES string of the molecule is O=c1oc2cc(N3CCN(CCO)CC3)ccc2cc1-c1nc2ccccc2s1. The highest BCUT2D eigenvalue weighted by atomic mass is 32.1. The molecule has 0 atom stereocenters. The molecule has 148 valence electrons. The number of para-hydroxylation sites is 1. The summed E-state index contributed by atoms with van der Waals surface area (Å²) in [7, 11) is 0.